The molecule has 0 heterocycles. The van der Waals surface area contributed by atoms with E-state index in [-0.39, 0.29) is 17.4 Å². The molecular weight excluding hydrogens is 344 g/mol. The second-order valence-electron chi connectivity index (χ2n) is 7.04. The number of carbonyl (C=O) groups excluding carboxylic acids is 2. The summed E-state index contributed by atoms with van der Waals surface area (Å²) in [6.07, 6.45) is 0. The standard InChI is InChI=1S/C21H26N2O2S/c1-5-26-14-15-10-12-16(13-11-15)19(24)22-18-9-7-6-8-17(18)20(25)23-21(2,3)4/h6-13H,5,14H2,1-4H3,(H,22,24)(H,23,25). The predicted octanol–water partition coefficient (Wildman–Crippen LogP) is 4.72. The zero-order valence-electron chi connectivity index (χ0n) is 15.8. The number of carbonyl (C=O) groups is 2. The molecule has 0 saturated carbocycles. The van der Waals surface area contributed by atoms with Crippen molar-refractivity contribution in [2.24, 2.45) is 0 Å². The second kappa shape index (κ2) is 8.90. The molecule has 0 fully saturated rings. The van der Waals surface area contributed by atoms with Crippen LogP contribution in [0, 0.1) is 0 Å². The summed E-state index contributed by atoms with van der Waals surface area (Å²) in [6, 6.07) is 14.6. The first kappa shape index (κ1) is 20.0. The quantitative estimate of drug-likeness (QED) is 0.773. The average molecular weight is 371 g/mol. The van der Waals surface area contributed by atoms with Gasteiger partial charge >= 0.3 is 0 Å². The van der Waals surface area contributed by atoms with E-state index in [0.717, 1.165) is 11.5 Å². The number of benzene rings is 2. The Hall–Kier alpha value is -2.27. The van der Waals surface area contributed by atoms with Gasteiger partial charge in [-0.25, -0.2) is 0 Å². The van der Waals surface area contributed by atoms with Crippen LogP contribution < -0.4 is 10.6 Å². The molecule has 2 N–H and O–H groups in total. The fourth-order valence-corrected chi connectivity index (χ4v) is 3.00. The van der Waals surface area contributed by atoms with Crippen LogP contribution in [0.1, 0.15) is 54.0 Å². The molecule has 0 aromatic heterocycles. The van der Waals surface area contributed by atoms with Crippen molar-refractivity contribution >= 4 is 29.3 Å². The Bertz CT molecular complexity index is 764. The van der Waals surface area contributed by atoms with Crippen LogP contribution in [0.2, 0.25) is 0 Å². The molecule has 2 aromatic carbocycles. The molecule has 2 rings (SSSR count). The Labute approximate surface area is 159 Å². The summed E-state index contributed by atoms with van der Waals surface area (Å²) in [4.78, 5) is 25.0. The van der Waals surface area contributed by atoms with Crippen molar-refractivity contribution in [2.75, 3.05) is 11.1 Å². The molecule has 0 spiro atoms. The lowest BCUT2D eigenvalue weighted by Crippen LogP contribution is -2.40. The van der Waals surface area contributed by atoms with E-state index in [0.29, 0.717) is 16.8 Å². The van der Waals surface area contributed by atoms with Gasteiger partial charge in [0.1, 0.15) is 0 Å². The third kappa shape index (κ3) is 5.92. The average Bonchev–Trinajstić information content (AvgIpc) is 2.59. The number of nitrogens with one attached hydrogen (secondary N) is 2. The number of thioether (sulfide) groups is 1. The van der Waals surface area contributed by atoms with Gasteiger partial charge in [-0.1, -0.05) is 31.2 Å². The number of rotatable bonds is 6. The summed E-state index contributed by atoms with van der Waals surface area (Å²) in [5.74, 6) is 1.57. The lowest BCUT2D eigenvalue weighted by atomic mass is 10.1. The second-order valence-corrected chi connectivity index (χ2v) is 8.31. The highest BCUT2D eigenvalue weighted by Gasteiger charge is 2.18. The van der Waals surface area contributed by atoms with Gasteiger partial charge in [-0.15, -0.1) is 0 Å². The van der Waals surface area contributed by atoms with Crippen LogP contribution in [0.15, 0.2) is 48.5 Å². The van der Waals surface area contributed by atoms with Gasteiger partial charge in [0.25, 0.3) is 11.8 Å². The van der Waals surface area contributed by atoms with Crippen molar-refractivity contribution in [1.29, 1.82) is 0 Å². The van der Waals surface area contributed by atoms with Crippen LogP contribution in [0.3, 0.4) is 0 Å². The van der Waals surface area contributed by atoms with Crippen molar-refractivity contribution < 1.29 is 9.59 Å². The molecule has 0 atom stereocenters. The molecule has 0 unspecified atom stereocenters. The smallest absolute Gasteiger partial charge is 0.255 e. The highest BCUT2D eigenvalue weighted by molar-refractivity contribution is 7.98. The number of para-hydroxylation sites is 1. The molecule has 0 aliphatic carbocycles. The van der Waals surface area contributed by atoms with Crippen LogP contribution in [0.25, 0.3) is 0 Å². The molecule has 26 heavy (non-hydrogen) atoms. The van der Waals surface area contributed by atoms with Crippen LogP contribution in [0.5, 0.6) is 0 Å². The van der Waals surface area contributed by atoms with Crippen molar-refractivity contribution in [3.05, 3.63) is 65.2 Å². The van der Waals surface area contributed by atoms with E-state index in [1.807, 2.05) is 56.8 Å². The van der Waals surface area contributed by atoms with E-state index in [2.05, 4.69) is 17.6 Å². The maximum atomic E-state index is 12.6. The highest BCUT2D eigenvalue weighted by atomic mass is 32.2. The number of anilines is 1. The molecule has 0 aliphatic rings. The number of hydrogen-bond acceptors (Lipinski definition) is 3. The van der Waals surface area contributed by atoms with E-state index >= 15 is 0 Å². The van der Waals surface area contributed by atoms with Gasteiger partial charge < -0.3 is 10.6 Å². The molecule has 0 saturated heterocycles. The maximum Gasteiger partial charge on any atom is 0.255 e. The maximum absolute atomic E-state index is 12.6. The summed E-state index contributed by atoms with van der Waals surface area (Å²) in [5.41, 5.74) is 2.37. The lowest BCUT2D eigenvalue weighted by molar-refractivity contribution is 0.0920. The first-order valence-electron chi connectivity index (χ1n) is 8.69. The van der Waals surface area contributed by atoms with E-state index in [4.69, 9.17) is 0 Å². The zero-order valence-corrected chi connectivity index (χ0v) is 16.6. The minimum Gasteiger partial charge on any atom is -0.347 e. The lowest BCUT2D eigenvalue weighted by Gasteiger charge is -2.21. The largest absolute Gasteiger partial charge is 0.347 e. The molecule has 138 valence electrons. The number of amides is 2. The van der Waals surface area contributed by atoms with Crippen molar-refractivity contribution in [3.63, 3.8) is 0 Å². The van der Waals surface area contributed by atoms with Gasteiger partial charge in [0.2, 0.25) is 0 Å². The van der Waals surface area contributed by atoms with Crippen LogP contribution in [0.4, 0.5) is 5.69 Å². The minimum atomic E-state index is -0.347. The molecule has 0 aliphatic heterocycles. The van der Waals surface area contributed by atoms with E-state index in [1.54, 1.807) is 24.3 Å². The number of hydrogen-bond donors (Lipinski definition) is 2. The van der Waals surface area contributed by atoms with Crippen LogP contribution >= 0.6 is 11.8 Å². The zero-order chi connectivity index (χ0) is 19.2. The summed E-state index contributed by atoms with van der Waals surface area (Å²) in [7, 11) is 0. The highest BCUT2D eigenvalue weighted by Crippen LogP contribution is 2.18. The van der Waals surface area contributed by atoms with Gasteiger partial charge in [0.05, 0.1) is 11.3 Å². The van der Waals surface area contributed by atoms with Gasteiger partial charge in [0.15, 0.2) is 0 Å². The molecule has 2 aromatic rings. The summed E-state index contributed by atoms with van der Waals surface area (Å²) < 4.78 is 0. The van der Waals surface area contributed by atoms with Crippen molar-refractivity contribution in [2.45, 2.75) is 39.0 Å². The first-order valence-corrected chi connectivity index (χ1v) is 9.85. The Balaban J connectivity index is 2.13. The fraction of sp³-hybridized carbons (Fsp3) is 0.333. The van der Waals surface area contributed by atoms with Gasteiger partial charge in [-0.2, -0.15) is 11.8 Å². The first-order chi connectivity index (χ1) is 12.3. The molecule has 0 bridgehead atoms. The molecule has 5 heteroatoms. The van der Waals surface area contributed by atoms with Crippen molar-refractivity contribution in [1.82, 2.24) is 5.32 Å². The van der Waals surface area contributed by atoms with E-state index in [9.17, 15) is 9.59 Å². The monoisotopic (exact) mass is 370 g/mol. The predicted molar refractivity (Wildman–Crippen MR) is 110 cm³/mol. The summed E-state index contributed by atoms with van der Waals surface area (Å²) in [5, 5.41) is 5.77. The van der Waals surface area contributed by atoms with E-state index in [1.165, 1.54) is 5.56 Å². The Morgan fingerprint density at radius 3 is 2.23 bits per heavy atom. The normalized spacial score (nSPS) is 11.1. The van der Waals surface area contributed by atoms with Gasteiger partial charge in [-0.05, 0) is 56.4 Å². The topological polar surface area (TPSA) is 58.2 Å². The minimum absolute atomic E-state index is 0.208. The van der Waals surface area contributed by atoms with Gasteiger partial charge in [-0.3, -0.25) is 9.59 Å². The Morgan fingerprint density at radius 1 is 0.962 bits per heavy atom. The van der Waals surface area contributed by atoms with E-state index < -0.39 is 0 Å². The van der Waals surface area contributed by atoms with Crippen LogP contribution in [-0.2, 0) is 5.75 Å². The molecule has 0 radical (unpaired) electrons. The third-order valence-electron chi connectivity index (χ3n) is 3.60. The van der Waals surface area contributed by atoms with Crippen molar-refractivity contribution in [3.8, 4) is 0 Å². The Morgan fingerprint density at radius 2 is 1.62 bits per heavy atom. The summed E-state index contributed by atoms with van der Waals surface area (Å²) >= 11 is 1.84. The van der Waals surface area contributed by atoms with Crippen LogP contribution in [-0.4, -0.2) is 23.1 Å². The molecule has 2 amide bonds. The Kier molecular flexibility index (Phi) is 6.86. The molecule has 4 nitrogen and oxygen atoms in total. The third-order valence-corrected chi connectivity index (χ3v) is 4.54. The summed E-state index contributed by atoms with van der Waals surface area (Å²) in [6.45, 7) is 7.89. The SMILES string of the molecule is CCSCc1ccc(C(=O)Nc2ccccc2C(=O)NC(C)(C)C)cc1. The van der Waals surface area contributed by atoms with Gasteiger partial charge in [0, 0.05) is 16.9 Å². The fourth-order valence-electron chi connectivity index (χ4n) is 2.36. The molecular formula is C21H26N2O2S.